The molecule has 1 heterocycles. The van der Waals surface area contributed by atoms with Crippen molar-refractivity contribution in [3.63, 3.8) is 0 Å². The fraction of sp³-hybridized carbons (Fsp3) is 0.440. The molecule has 8 nitrogen and oxygen atoms in total. The van der Waals surface area contributed by atoms with Gasteiger partial charge in [0, 0.05) is 30.4 Å². The maximum atomic E-state index is 13.5. The fourth-order valence-electron chi connectivity index (χ4n) is 4.64. The topological polar surface area (TPSA) is 99.8 Å². The summed E-state index contributed by atoms with van der Waals surface area (Å²) in [7, 11) is -2.35. The van der Waals surface area contributed by atoms with Crippen molar-refractivity contribution in [1.29, 1.82) is 0 Å². The molecule has 0 aromatic heterocycles. The number of carbonyl (C=O) groups excluding carboxylic acids is 1. The first-order chi connectivity index (χ1) is 16.9. The largest absolute Gasteiger partial charge is 0.497 e. The Morgan fingerprint density at radius 3 is 2.29 bits per heavy atom. The molecule has 2 aromatic rings. The van der Waals surface area contributed by atoms with Gasteiger partial charge in [-0.2, -0.15) is 0 Å². The molecule has 1 aliphatic heterocycles. The SMILES string of the molecule is COc1ccc(NS(=O)(=O)c2cc(NC(=S)NC(=O)C3CCCC3)ccc2N2CCCCC2)cc1. The van der Waals surface area contributed by atoms with Crippen LogP contribution in [0.25, 0.3) is 0 Å². The third-order valence-electron chi connectivity index (χ3n) is 6.51. The summed E-state index contributed by atoms with van der Waals surface area (Å²) in [6, 6.07) is 11.9. The van der Waals surface area contributed by atoms with E-state index in [4.69, 9.17) is 17.0 Å². The minimum Gasteiger partial charge on any atom is -0.497 e. The zero-order valence-electron chi connectivity index (χ0n) is 19.9. The zero-order valence-corrected chi connectivity index (χ0v) is 21.5. The number of thiocarbonyl (C=S) groups is 1. The van der Waals surface area contributed by atoms with E-state index in [0.717, 1.165) is 58.0 Å². The average Bonchev–Trinajstić information content (AvgIpc) is 3.40. The Balaban J connectivity index is 1.57. The molecule has 1 amide bonds. The lowest BCUT2D eigenvalue weighted by atomic mass is 10.1. The van der Waals surface area contributed by atoms with Crippen LogP contribution < -0.4 is 25.0 Å². The zero-order chi connectivity index (χ0) is 24.8. The molecule has 2 fully saturated rings. The quantitative estimate of drug-likeness (QED) is 0.466. The molecule has 0 atom stereocenters. The van der Waals surface area contributed by atoms with Gasteiger partial charge in [0.1, 0.15) is 10.6 Å². The molecule has 2 aromatic carbocycles. The molecule has 0 unspecified atom stereocenters. The Kier molecular flexibility index (Phi) is 8.12. The summed E-state index contributed by atoms with van der Waals surface area (Å²) in [5, 5.41) is 5.91. The molecule has 0 radical (unpaired) electrons. The van der Waals surface area contributed by atoms with E-state index in [1.165, 1.54) is 0 Å². The van der Waals surface area contributed by atoms with Crippen molar-refractivity contribution < 1.29 is 17.9 Å². The number of nitrogens with zero attached hydrogens (tertiary/aromatic N) is 1. The lowest BCUT2D eigenvalue weighted by Crippen LogP contribution is -2.37. The molecular formula is C25H32N4O4S2. The average molecular weight is 517 g/mol. The number of ether oxygens (including phenoxy) is 1. The van der Waals surface area contributed by atoms with E-state index >= 15 is 0 Å². The van der Waals surface area contributed by atoms with Crippen LogP contribution >= 0.6 is 12.2 Å². The number of sulfonamides is 1. The van der Waals surface area contributed by atoms with Gasteiger partial charge in [-0.3, -0.25) is 9.52 Å². The number of rotatable bonds is 7. The van der Waals surface area contributed by atoms with Gasteiger partial charge in [0.05, 0.1) is 12.8 Å². The van der Waals surface area contributed by atoms with Gasteiger partial charge in [-0.05, 0) is 86.8 Å². The van der Waals surface area contributed by atoms with Crippen LogP contribution in [0.1, 0.15) is 44.9 Å². The smallest absolute Gasteiger partial charge is 0.264 e. The van der Waals surface area contributed by atoms with Crippen molar-refractivity contribution in [3.8, 4) is 5.75 Å². The van der Waals surface area contributed by atoms with E-state index in [0.29, 0.717) is 22.8 Å². The van der Waals surface area contributed by atoms with Crippen LogP contribution in [0.2, 0.25) is 0 Å². The highest BCUT2D eigenvalue weighted by Crippen LogP contribution is 2.32. The summed E-state index contributed by atoms with van der Waals surface area (Å²) in [5.41, 5.74) is 1.59. The van der Waals surface area contributed by atoms with Gasteiger partial charge in [0.15, 0.2) is 5.11 Å². The number of methoxy groups -OCH3 is 1. The first-order valence-electron chi connectivity index (χ1n) is 12.0. The van der Waals surface area contributed by atoms with E-state index < -0.39 is 10.0 Å². The van der Waals surface area contributed by atoms with Gasteiger partial charge in [0.25, 0.3) is 10.0 Å². The number of piperidine rings is 1. The molecule has 3 N–H and O–H groups in total. The van der Waals surface area contributed by atoms with Crippen LogP contribution in [0.15, 0.2) is 47.4 Å². The van der Waals surface area contributed by atoms with Crippen LogP contribution in [0, 0.1) is 5.92 Å². The van der Waals surface area contributed by atoms with Crippen LogP contribution in [-0.4, -0.2) is 39.6 Å². The minimum atomic E-state index is -3.91. The third-order valence-corrected chi connectivity index (χ3v) is 8.12. The van der Waals surface area contributed by atoms with Crippen molar-refractivity contribution in [1.82, 2.24) is 5.32 Å². The number of anilines is 3. The summed E-state index contributed by atoms with van der Waals surface area (Å²) in [5.74, 6) is 0.543. The van der Waals surface area contributed by atoms with Crippen molar-refractivity contribution in [2.24, 2.45) is 5.92 Å². The summed E-state index contributed by atoms with van der Waals surface area (Å²) in [6.07, 6.45) is 7.02. The summed E-state index contributed by atoms with van der Waals surface area (Å²) in [6.45, 7) is 1.60. The van der Waals surface area contributed by atoms with E-state index in [1.807, 2.05) is 0 Å². The van der Waals surface area contributed by atoms with Crippen molar-refractivity contribution >= 4 is 50.3 Å². The Hall–Kier alpha value is -2.85. The van der Waals surface area contributed by atoms with Gasteiger partial charge in [-0.25, -0.2) is 8.42 Å². The molecule has 0 spiro atoms. The highest BCUT2D eigenvalue weighted by Gasteiger charge is 2.26. The van der Waals surface area contributed by atoms with Crippen LogP contribution in [0.4, 0.5) is 17.1 Å². The molecule has 188 valence electrons. The maximum absolute atomic E-state index is 13.5. The number of amides is 1. The van der Waals surface area contributed by atoms with Crippen molar-refractivity contribution in [3.05, 3.63) is 42.5 Å². The maximum Gasteiger partial charge on any atom is 0.264 e. The van der Waals surface area contributed by atoms with Gasteiger partial charge in [-0.1, -0.05) is 12.8 Å². The predicted molar refractivity (Wildman–Crippen MR) is 143 cm³/mol. The molecule has 4 rings (SSSR count). The van der Waals surface area contributed by atoms with Crippen molar-refractivity contribution in [2.75, 3.05) is 35.1 Å². The summed E-state index contributed by atoms with van der Waals surface area (Å²) >= 11 is 5.34. The molecule has 1 saturated heterocycles. The molecule has 0 bridgehead atoms. The van der Waals surface area contributed by atoms with Gasteiger partial charge >= 0.3 is 0 Å². The minimum absolute atomic E-state index is 0.0131. The summed E-state index contributed by atoms with van der Waals surface area (Å²) < 4.78 is 34.9. The predicted octanol–water partition coefficient (Wildman–Crippen LogP) is 4.49. The normalized spacial score (nSPS) is 16.5. The molecule has 1 aliphatic carbocycles. The Morgan fingerprint density at radius 1 is 0.971 bits per heavy atom. The lowest BCUT2D eigenvalue weighted by molar-refractivity contribution is -0.123. The Bertz CT molecular complexity index is 1160. The lowest BCUT2D eigenvalue weighted by Gasteiger charge is -2.30. The van der Waals surface area contributed by atoms with Crippen LogP contribution in [0.3, 0.4) is 0 Å². The van der Waals surface area contributed by atoms with Crippen LogP contribution in [-0.2, 0) is 14.8 Å². The van der Waals surface area contributed by atoms with Crippen LogP contribution in [0.5, 0.6) is 5.75 Å². The first-order valence-corrected chi connectivity index (χ1v) is 13.9. The van der Waals surface area contributed by atoms with E-state index in [-0.39, 0.29) is 21.8 Å². The van der Waals surface area contributed by atoms with E-state index in [9.17, 15) is 13.2 Å². The molecule has 2 aliphatic rings. The molecular weight excluding hydrogens is 484 g/mol. The van der Waals surface area contributed by atoms with Gasteiger partial charge < -0.3 is 20.3 Å². The first kappa shape index (κ1) is 25.2. The monoisotopic (exact) mass is 516 g/mol. The Morgan fingerprint density at radius 2 is 1.63 bits per heavy atom. The third kappa shape index (κ3) is 6.43. The highest BCUT2D eigenvalue weighted by molar-refractivity contribution is 7.93. The second kappa shape index (κ2) is 11.3. The molecule has 10 heteroatoms. The second-order valence-corrected chi connectivity index (χ2v) is 11.0. The summed E-state index contributed by atoms with van der Waals surface area (Å²) in [4.78, 5) is 14.7. The number of hydrogen-bond acceptors (Lipinski definition) is 6. The number of nitrogens with one attached hydrogen (secondary N) is 3. The molecule has 35 heavy (non-hydrogen) atoms. The Labute approximate surface area is 212 Å². The van der Waals surface area contributed by atoms with Gasteiger partial charge in [0.2, 0.25) is 5.91 Å². The number of carbonyl (C=O) groups is 1. The fourth-order valence-corrected chi connectivity index (χ4v) is 6.17. The van der Waals surface area contributed by atoms with E-state index in [1.54, 1.807) is 49.6 Å². The number of hydrogen-bond donors (Lipinski definition) is 3. The number of benzene rings is 2. The highest BCUT2D eigenvalue weighted by atomic mass is 32.2. The standard InChI is InChI=1S/C25H32N4O4S2/c1-33-21-12-9-19(10-13-21)28-35(31,32)23-17-20(11-14-22(23)29-15-5-2-6-16-29)26-25(34)27-24(30)18-7-3-4-8-18/h9-14,17-18,28H,2-8,15-16H2,1H3,(H2,26,27,30,34). The van der Waals surface area contributed by atoms with Crippen molar-refractivity contribution in [2.45, 2.75) is 49.8 Å². The van der Waals surface area contributed by atoms with Gasteiger partial charge in [-0.15, -0.1) is 0 Å². The molecule has 1 saturated carbocycles. The second-order valence-electron chi connectivity index (χ2n) is 8.99. The van der Waals surface area contributed by atoms with E-state index in [2.05, 4.69) is 20.3 Å².